The van der Waals surface area contributed by atoms with Crippen molar-refractivity contribution < 1.29 is 8.78 Å². The van der Waals surface area contributed by atoms with E-state index in [-0.39, 0.29) is 5.92 Å². The number of rotatable bonds is 9. The summed E-state index contributed by atoms with van der Waals surface area (Å²) >= 11 is 0. The van der Waals surface area contributed by atoms with E-state index < -0.39 is 17.0 Å². The van der Waals surface area contributed by atoms with Gasteiger partial charge in [-0.05, 0) is 75.3 Å². The lowest BCUT2D eigenvalue weighted by Crippen LogP contribution is -2.40. The van der Waals surface area contributed by atoms with Gasteiger partial charge in [0.15, 0.2) is 11.6 Å². The molecule has 0 saturated heterocycles. The molecule has 0 aliphatic heterocycles. The molecule has 29 heavy (non-hydrogen) atoms. The van der Waals surface area contributed by atoms with Crippen LogP contribution >= 0.6 is 0 Å². The van der Waals surface area contributed by atoms with Gasteiger partial charge in [-0.15, -0.1) is 0 Å². The van der Waals surface area contributed by atoms with E-state index in [9.17, 15) is 14.0 Å². The van der Waals surface area contributed by atoms with E-state index in [1.807, 2.05) is 6.07 Å². The molecule has 4 heteroatoms. The maximum Gasteiger partial charge on any atom is 0.159 e. The van der Waals surface area contributed by atoms with Crippen molar-refractivity contribution in [3.8, 4) is 6.07 Å². The zero-order chi connectivity index (χ0) is 20.9. The van der Waals surface area contributed by atoms with Gasteiger partial charge in [-0.3, -0.25) is 0 Å². The van der Waals surface area contributed by atoms with E-state index in [0.29, 0.717) is 18.0 Å². The largest absolute Gasteiger partial charge is 0.303 e. The van der Waals surface area contributed by atoms with Gasteiger partial charge >= 0.3 is 0 Å². The standard InChI is InChI=1S/C25H30F2N2/c1-19(29(2)16-14-20-7-4-3-5-8-20)13-15-25(18-28,21-9-6-10-21)22-11-12-23(26)24(27)17-22/h3-5,7-8,11-12,17,19,21H,6,9-10,13-16H2,1-2H3. The Kier molecular flexibility index (Phi) is 7.03. The smallest absolute Gasteiger partial charge is 0.159 e. The van der Waals surface area contributed by atoms with Crippen LogP contribution in [-0.4, -0.2) is 24.5 Å². The molecule has 0 amide bonds. The van der Waals surface area contributed by atoms with Crippen LogP contribution in [0.1, 0.15) is 50.2 Å². The van der Waals surface area contributed by atoms with Crippen LogP contribution in [0.3, 0.4) is 0 Å². The highest BCUT2D eigenvalue weighted by Crippen LogP contribution is 2.47. The van der Waals surface area contributed by atoms with E-state index in [1.54, 1.807) is 6.07 Å². The van der Waals surface area contributed by atoms with Gasteiger partial charge in [0.05, 0.1) is 11.5 Å². The Morgan fingerprint density at radius 2 is 1.86 bits per heavy atom. The van der Waals surface area contributed by atoms with Crippen molar-refractivity contribution in [2.45, 2.75) is 56.9 Å². The Balaban J connectivity index is 1.68. The van der Waals surface area contributed by atoms with Gasteiger partial charge in [-0.2, -0.15) is 5.26 Å². The molecule has 1 aliphatic rings. The fraction of sp³-hybridized carbons (Fsp3) is 0.480. The Hall–Kier alpha value is -2.25. The SMILES string of the molecule is CC(CCC(C#N)(c1ccc(F)c(F)c1)C1CCC1)N(C)CCc1ccccc1. The minimum Gasteiger partial charge on any atom is -0.303 e. The molecule has 0 N–H and O–H groups in total. The number of benzene rings is 2. The van der Waals surface area contributed by atoms with Crippen LogP contribution in [0.2, 0.25) is 0 Å². The van der Waals surface area contributed by atoms with Crippen molar-refractivity contribution in [2.24, 2.45) is 5.92 Å². The predicted octanol–water partition coefficient (Wildman–Crippen LogP) is 5.87. The van der Waals surface area contributed by atoms with Gasteiger partial charge in [-0.25, -0.2) is 8.78 Å². The zero-order valence-corrected chi connectivity index (χ0v) is 17.4. The lowest BCUT2D eigenvalue weighted by Gasteiger charge is -2.42. The molecule has 2 aromatic carbocycles. The fourth-order valence-corrected chi connectivity index (χ4v) is 4.30. The van der Waals surface area contributed by atoms with E-state index in [0.717, 1.165) is 44.7 Å². The van der Waals surface area contributed by atoms with Crippen molar-refractivity contribution in [3.63, 3.8) is 0 Å². The normalized spacial score (nSPS) is 17.4. The Morgan fingerprint density at radius 1 is 1.14 bits per heavy atom. The molecule has 0 aromatic heterocycles. The molecule has 0 bridgehead atoms. The van der Waals surface area contributed by atoms with Crippen molar-refractivity contribution in [3.05, 3.63) is 71.3 Å². The minimum absolute atomic E-state index is 0.221. The first kappa shape index (κ1) is 21.5. The monoisotopic (exact) mass is 396 g/mol. The molecule has 1 aliphatic carbocycles. The van der Waals surface area contributed by atoms with Crippen LogP contribution in [0, 0.1) is 28.9 Å². The molecular weight excluding hydrogens is 366 g/mol. The predicted molar refractivity (Wildman–Crippen MR) is 112 cm³/mol. The first-order valence-electron chi connectivity index (χ1n) is 10.6. The van der Waals surface area contributed by atoms with Crippen LogP contribution in [0.15, 0.2) is 48.5 Å². The second-order valence-corrected chi connectivity index (χ2v) is 8.44. The molecule has 2 unspecified atom stereocenters. The summed E-state index contributed by atoms with van der Waals surface area (Å²) in [6.45, 7) is 3.12. The summed E-state index contributed by atoms with van der Waals surface area (Å²) in [4.78, 5) is 2.32. The van der Waals surface area contributed by atoms with E-state index in [1.165, 1.54) is 11.6 Å². The van der Waals surface area contributed by atoms with E-state index in [2.05, 4.69) is 49.2 Å². The summed E-state index contributed by atoms with van der Waals surface area (Å²) in [6, 6.07) is 17.2. The van der Waals surface area contributed by atoms with Gasteiger partial charge in [0.1, 0.15) is 0 Å². The van der Waals surface area contributed by atoms with E-state index in [4.69, 9.17) is 0 Å². The van der Waals surface area contributed by atoms with Crippen LogP contribution in [0.25, 0.3) is 0 Å². The molecule has 0 spiro atoms. The van der Waals surface area contributed by atoms with Crippen molar-refractivity contribution in [1.82, 2.24) is 4.90 Å². The molecule has 3 rings (SSSR count). The van der Waals surface area contributed by atoms with Gasteiger partial charge in [0.2, 0.25) is 0 Å². The third-order valence-corrected chi connectivity index (χ3v) is 6.74. The van der Waals surface area contributed by atoms with Crippen LogP contribution < -0.4 is 0 Å². The number of hydrogen-bond acceptors (Lipinski definition) is 2. The molecule has 2 aromatic rings. The number of hydrogen-bond donors (Lipinski definition) is 0. The third-order valence-electron chi connectivity index (χ3n) is 6.74. The van der Waals surface area contributed by atoms with Crippen molar-refractivity contribution >= 4 is 0 Å². The maximum absolute atomic E-state index is 13.9. The first-order chi connectivity index (χ1) is 14.0. The summed E-state index contributed by atoms with van der Waals surface area (Å²) < 4.78 is 27.4. The van der Waals surface area contributed by atoms with Gasteiger partial charge in [0.25, 0.3) is 0 Å². The number of halogens is 2. The lowest BCUT2D eigenvalue weighted by atomic mass is 9.60. The van der Waals surface area contributed by atoms with Crippen molar-refractivity contribution in [2.75, 3.05) is 13.6 Å². The Morgan fingerprint density at radius 3 is 2.45 bits per heavy atom. The third kappa shape index (κ3) is 4.85. The molecular formula is C25H30F2N2. The fourth-order valence-electron chi connectivity index (χ4n) is 4.30. The quantitative estimate of drug-likeness (QED) is 0.530. The van der Waals surface area contributed by atoms with Crippen LogP contribution in [-0.2, 0) is 11.8 Å². The molecule has 0 heterocycles. The number of nitriles is 1. The molecule has 0 radical (unpaired) electrons. The summed E-state index contributed by atoms with van der Waals surface area (Å²) in [7, 11) is 2.11. The summed E-state index contributed by atoms with van der Waals surface area (Å²) in [6.07, 6.45) is 5.54. The van der Waals surface area contributed by atoms with Gasteiger partial charge in [0, 0.05) is 12.6 Å². The highest BCUT2D eigenvalue weighted by atomic mass is 19.2. The van der Waals surface area contributed by atoms with Gasteiger partial charge in [-0.1, -0.05) is 42.8 Å². The molecule has 154 valence electrons. The minimum atomic E-state index is -0.866. The van der Waals surface area contributed by atoms with Crippen LogP contribution in [0.5, 0.6) is 0 Å². The average molecular weight is 397 g/mol. The summed E-state index contributed by atoms with van der Waals surface area (Å²) in [5, 5.41) is 10.1. The highest BCUT2D eigenvalue weighted by molar-refractivity contribution is 5.35. The van der Waals surface area contributed by atoms with Crippen molar-refractivity contribution in [1.29, 1.82) is 5.26 Å². The second-order valence-electron chi connectivity index (χ2n) is 8.44. The lowest BCUT2D eigenvalue weighted by molar-refractivity contribution is 0.172. The summed E-state index contributed by atoms with van der Waals surface area (Å²) in [5.41, 5.74) is 1.21. The van der Waals surface area contributed by atoms with E-state index >= 15 is 0 Å². The molecule has 1 fully saturated rings. The molecule has 1 saturated carbocycles. The molecule has 2 atom stereocenters. The van der Waals surface area contributed by atoms with Gasteiger partial charge < -0.3 is 4.90 Å². The average Bonchev–Trinajstić information content (AvgIpc) is 2.70. The first-order valence-corrected chi connectivity index (χ1v) is 10.6. The maximum atomic E-state index is 13.9. The Labute approximate surface area is 173 Å². The number of likely N-dealkylation sites (N-methyl/N-ethyl adjacent to an activating group) is 1. The summed E-state index contributed by atoms with van der Waals surface area (Å²) in [5.74, 6) is -1.50. The topological polar surface area (TPSA) is 27.0 Å². The highest BCUT2D eigenvalue weighted by Gasteiger charge is 2.44. The Bertz CT molecular complexity index is 842. The molecule has 2 nitrogen and oxygen atoms in total. The van der Waals surface area contributed by atoms with Crippen LogP contribution in [0.4, 0.5) is 8.78 Å². The number of nitrogens with zero attached hydrogens (tertiary/aromatic N) is 2. The second kappa shape index (κ2) is 9.50. The zero-order valence-electron chi connectivity index (χ0n) is 17.4.